The molecule has 1 fully saturated rings. The maximum Gasteiger partial charge on any atom is 0.547 e. The second-order valence-electron chi connectivity index (χ2n) is 9.22. The first-order valence-electron chi connectivity index (χ1n) is 12.3. The minimum atomic E-state index is -2.37. The summed E-state index contributed by atoms with van der Waals surface area (Å²) >= 11 is 0. The molecule has 0 spiro atoms. The van der Waals surface area contributed by atoms with Crippen molar-refractivity contribution in [2.24, 2.45) is 0 Å². The number of halogens is 3. The predicted octanol–water partition coefficient (Wildman–Crippen LogP) is -0.206. The van der Waals surface area contributed by atoms with Gasteiger partial charge >= 0.3 is 30.9 Å². The van der Waals surface area contributed by atoms with Crippen molar-refractivity contribution in [1.82, 2.24) is 20.4 Å². The third-order valence-corrected chi connectivity index (χ3v) is 6.71. The molecule has 0 bridgehead atoms. The van der Waals surface area contributed by atoms with Crippen LogP contribution in [0.4, 0.5) is 18.0 Å². The van der Waals surface area contributed by atoms with E-state index in [0.29, 0.717) is 4.90 Å². The molecule has 2 aromatic carbocycles. The van der Waals surface area contributed by atoms with E-state index < -0.39 is 94.7 Å². The van der Waals surface area contributed by atoms with Crippen molar-refractivity contribution >= 4 is 36.8 Å². The number of aromatic carboxylic acids is 1. The van der Waals surface area contributed by atoms with Crippen LogP contribution in [0.1, 0.15) is 34.5 Å². The molecule has 0 aliphatic carbocycles. The van der Waals surface area contributed by atoms with E-state index in [2.05, 4.69) is 5.32 Å². The molecule has 2 aliphatic rings. The second-order valence-corrected chi connectivity index (χ2v) is 9.22. The number of fused-ring (bicyclic) bond motifs is 1. The Morgan fingerprint density at radius 3 is 2.45 bits per heavy atom. The molecule has 18 heteroatoms. The van der Waals surface area contributed by atoms with E-state index in [1.54, 1.807) is 6.92 Å². The Hall–Kier alpha value is -5.00. The van der Waals surface area contributed by atoms with Crippen LogP contribution in [0, 0.1) is 17.5 Å². The summed E-state index contributed by atoms with van der Waals surface area (Å²) < 4.78 is 49.0. The third kappa shape index (κ3) is 5.35. The molecule has 1 saturated heterocycles. The zero-order chi connectivity index (χ0) is 31.0. The number of phenols is 2. The summed E-state index contributed by atoms with van der Waals surface area (Å²) in [5.41, 5.74) is -2.13. The van der Waals surface area contributed by atoms with E-state index in [0.717, 1.165) is 17.0 Å². The normalized spacial score (nSPS) is 17.4. The zero-order valence-electron chi connectivity index (χ0n) is 21.6. The molecule has 1 unspecified atom stereocenters. The molecule has 42 heavy (non-hydrogen) atoms. The first-order valence-corrected chi connectivity index (χ1v) is 12.3. The molecule has 222 valence electrons. The monoisotopic (exact) mass is 594 g/mol. The summed E-state index contributed by atoms with van der Waals surface area (Å²) in [4.78, 5) is 64.0. The first kappa shape index (κ1) is 30.0. The summed E-state index contributed by atoms with van der Waals surface area (Å²) in [6, 6.07) is -1.59. The van der Waals surface area contributed by atoms with Crippen molar-refractivity contribution in [3.05, 3.63) is 52.3 Å². The fraction of sp³-hybridized carbons (Fsp3) is 0.292. The minimum absolute atomic E-state index is 0.0301. The Balaban J connectivity index is 1.66. The van der Waals surface area contributed by atoms with Gasteiger partial charge in [-0.25, -0.2) is 22.8 Å². The molecule has 2 atom stereocenters. The number of aromatic hydroxyl groups is 2. The van der Waals surface area contributed by atoms with Crippen molar-refractivity contribution < 1.29 is 62.1 Å². The van der Waals surface area contributed by atoms with E-state index in [-0.39, 0.29) is 37.7 Å². The molecule has 14 nitrogen and oxygen atoms in total. The number of piperazine rings is 1. The Kier molecular flexibility index (Phi) is 8.19. The van der Waals surface area contributed by atoms with Crippen LogP contribution in [-0.4, -0.2) is 92.6 Å². The van der Waals surface area contributed by atoms with E-state index in [4.69, 9.17) is 4.65 Å². The maximum absolute atomic E-state index is 15.0. The standard InChI is InChI=1S/C24H22BF3N4O10/c1-2-31-5-6-32(22(37)21(31)36)24(40)30-17(14-11(27)8-12(33)18(34)16(14)28)20(35)29-13-7-9-3-4-10(26)15(23(38)39)19(9)42-25(13)41/h3-4,8,13,17,33-34,41H,2,5-7H2,1H3,(H,29,35)(H,30,40)(H,38,39)/t13-,17?/m0/s1. The van der Waals surface area contributed by atoms with Crippen LogP contribution in [0.15, 0.2) is 18.2 Å². The Labute approximate surface area is 234 Å². The molecular formula is C24H22BF3N4O10. The van der Waals surface area contributed by atoms with Gasteiger partial charge in [0.1, 0.15) is 29.0 Å². The number of nitrogens with zero attached hydrogens (tertiary/aromatic N) is 2. The fourth-order valence-electron chi connectivity index (χ4n) is 4.54. The molecule has 4 rings (SSSR count). The van der Waals surface area contributed by atoms with Crippen molar-refractivity contribution in [3.63, 3.8) is 0 Å². The number of imide groups is 1. The van der Waals surface area contributed by atoms with E-state index in [9.17, 15) is 57.5 Å². The molecule has 0 radical (unpaired) electrons. The topological polar surface area (TPSA) is 206 Å². The number of rotatable bonds is 6. The average Bonchev–Trinajstić information content (AvgIpc) is 2.92. The van der Waals surface area contributed by atoms with Gasteiger partial charge in [-0.1, -0.05) is 6.07 Å². The third-order valence-electron chi connectivity index (χ3n) is 6.71. The van der Waals surface area contributed by atoms with Crippen LogP contribution in [0.3, 0.4) is 0 Å². The first-order chi connectivity index (χ1) is 19.8. The van der Waals surface area contributed by atoms with Gasteiger partial charge in [-0.3, -0.25) is 19.3 Å². The van der Waals surface area contributed by atoms with Gasteiger partial charge in [-0.15, -0.1) is 0 Å². The van der Waals surface area contributed by atoms with Gasteiger partial charge in [-0.05, 0) is 25.0 Å². The van der Waals surface area contributed by atoms with Gasteiger partial charge in [0.15, 0.2) is 17.3 Å². The van der Waals surface area contributed by atoms with Crippen molar-refractivity contribution in [2.45, 2.75) is 25.3 Å². The maximum atomic E-state index is 15.0. The molecule has 0 saturated carbocycles. The van der Waals surface area contributed by atoms with Gasteiger partial charge in [0.25, 0.3) is 0 Å². The number of carbonyl (C=O) groups is 5. The highest BCUT2D eigenvalue weighted by atomic mass is 19.1. The Morgan fingerprint density at radius 2 is 1.81 bits per heavy atom. The Bertz CT molecular complexity index is 1510. The minimum Gasteiger partial charge on any atom is -0.534 e. The number of nitrogens with one attached hydrogen (secondary N) is 2. The number of benzene rings is 2. The van der Waals surface area contributed by atoms with E-state index >= 15 is 0 Å². The van der Waals surface area contributed by atoms with Gasteiger partial charge in [0.05, 0.1) is 11.5 Å². The highest BCUT2D eigenvalue weighted by Crippen LogP contribution is 2.36. The lowest BCUT2D eigenvalue weighted by molar-refractivity contribution is -0.153. The quantitative estimate of drug-likeness (QED) is 0.148. The molecule has 0 aromatic heterocycles. The number of amides is 5. The van der Waals surface area contributed by atoms with Crippen LogP contribution in [0.2, 0.25) is 0 Å². The summed E-state index contributed by atoms with van der Waals surface area (Å²) in [7, 11) is -2.01. The lowest BCUT2D eigenvalue weighted by Gasteiger charge is -2.33. The smallest absolute Gasteiger partial charge is 0.534 e. The van der Waals surface area contributed by atoms with Crippen molar-refractivity contribution in [3.8, 4) is 17.2 Å². The lowest BCUT2D eigenvalue weighted by atomic mass is 9.72. The number of likely N-dealkylation sites (N-methyl/N-ethyl adjacent to an activating group) is 1. The number of carbonyl (C=O) groups excluding carboxylic acids is 4. The van der Waals surface area contributed by atoms with Crippen LogP contribution in [-0.2, 0) is 20.8 Å². The summed E-state index contributed by atoms with van der Waals surface area (Å²) in [5, 5.41) is 43.2. The Morgan fingerprint density at radius 1 is 1.12 bits per heavy atom. The molecule has 6 N–H and O–H groups in total. The highest BCUT2D eigenvalue weighted by Gasteiger charge is 2.43. The fourth-order valence-corrected chi connectivity index (χ4v) is 4.54. The summed E-state index contributed by atoms with van der Waals surface area (Å²) in [6.07, 6.45) is -0.374. The second kappa shape index (κ2) is 11.5. The van der Waals surface area contributed by atoms with Gasteiger partial charge in [-0.2, -0.15) is 0 Å². The number of phenolic OH excluding ortho intramolecular Hbond substituents is 2. The highest BCUT2D eigenvalue weighted by molar-refractivity contribution is 6.47. The van der Waals surface area contributed by atoms with Gasteiger partial charge < -0.3 is 40.5 Å². The van der Waals surface area contributed by atoms with Gasteiger partial charge in [0, 0.05) is 25.7 Å². The predicted molar refractivity (Wildman–Crippen MR) is 133 cm³/mol. The van der Waals surface area contributed by atoms with E-state index in [1.807, 2.05) is 5.32 Å². The van der Waals surface area contributed by atoms with Crippen molar-refractivity contribution in [1.29, 1.82) is 0 Å². The zero-order valence-corrected chi connectivity index (χ0v) is 21.6. The van der Waals surface area contributed by atoms with Crippen molar-refractivity contribution in [2.75, 3.05) is 19.6 Å². The number of carboxylic acid groups (broad SMARTS) is 1. The summed E-state index contributed by atoms with van der Waals surface area (Å²) in [5.74, 6) is -14.7. The molecule has 2 aromatic rings. The van der Waals surface area contributed by atoms with Crippen LogP contribution >= 0.6 is 0 Å². The lowest BCUT2D eigenvalue weighted by Crippen LogP contribution is -2.60. The molecular weight excluding hydrogens is 572 g/mol. The number of hydrogen-bond acceptors (Lipinski definition) is 9. The van der Waals surface area contributed by atoms with Crippen LogP contribution in [0.5, 0.6) is 17.2 Å². The molecule has 5 amide bonds. The molecule has 2 heterocycles. The van der Waals surface area contributed by atoms with E-state index in [1.165, 1.54) is 0 Å². The number of hydrogen-bond donors (Lipinski definition) is 6. The largest absolute Gasteiger partial charge is 0.547 e. The van der Waals surface area contributed by atoms with Gasteiger partial charge in [0.2, 0.25) is 5.91 Å². The SMILES string of the molecule is CCN1CCN(C(=O)NC(C(=O)N[C@H]2Cc3ccc(F)c(C(=O)O)c3OB2O)c2c(F)cc(O)c(O)c2F)C(=O)C1=O. The van der Waals surface area contributed by atoms with Crippen LogP contribution < -0.4 is 15.3 Å². The van der Waals surface area contributed by atoms with Crippen LogP contribution in [0.25, 0.3) is 0 Å². The number of carboxylic acids is 1. The number of urea groups is 1. The molecule has 2 aliphatic heterocycles. The average molecular weight is 594 g/mol. The summed E-state index contributed by atoms with van der Waals surface area (Å²) in [6.45, 7) is 1.34.